The van der Waals surface area contributed by atoms with Crippen molar-refractivity contribution in [1.82, 2.24) is 0 Å². The van der Waals surface area contributed by atoms with Crippen molar-refractivity contribution in [1.29, 1.82) is 0 Å². The van der Waals surface area contributed by atoms with E-state index in [0.29, 0.717) is 32.2 Å². The Labute approximate surface area is 206 Å². The van der Waals surface area contributed by atoms with Crippen LogP contribution in [0.15, 0.2) is 12.1 Å². The Hall–Kier alpha value is 0.120. The van der Waals surface area contributed by atoms with Gasteiger partial charge in [0.25, 0.3) is 0 Å². The largest absolute Gasteiger partial charge is 0.743 e. The van der Waals surface area contributed by atoms with Crippen molar-refractivity contribution in [2.75, 3.05) is 6.61 Å². The van der Waals surface area contributed by atoms with E-state index in [0.717, 1.165) is 3.57 Å². The lowest BCUT2D eigenvalue weighted by atomic mass is 9.79. The summed E-state index contributed by atoms with van der Waals surface area (Å²) < 4.78 is 70.3. The summed E-state index contributed by atoms with van der Waals surface area (Å²) in [4.78, 5) is 25.0. The maximum Gasteiger partial charge on any atom is 0.367 e. The lowest BCUT2D eigenvalue weighted by molar-refractivity contribution is -0.162. The molecule has 2 atom stereocenters. The van der Waals surface area contributed by atoms with Crippen molar-refractivity contribution in [2.45, 2.75) is 30.9 Å². The van der Waals surface area contributed by atoms with E-state index in [4.69, 9.17) is 4.74 Å². The fourth-order valence-electron chi connectivity index (χ4n) is 2.83. The molecular weight excluding hydrogens is 755 g/mol. The summed E-state index contributed by atoms with van der Waals surface area (Å²) >= 11 is 6.15. The van der Waals surface area contributed by atoms with Crippen LogP contribution in [0.25, 0.3) is 0 Å². The SMILES string of the molecule is O=C(OCC(F)(F)S(=O)(=O)[O-])C1CCCCC1C(=O)Oc1c(I)cc(I)cc1I. The minimum absolute atomic E-state index is 0.204. The number of halogens is 5. The Morgan fingerprint density at radius 2 is 1.55 bits per heavy atom. The topological polar surface area (TPSA) is 110 Å². The van der Waals surface area contributed by atoms with E-state index in [1.165, 1.54) is 0 Å². The van der Waals surface area contributed by atoms with E-state index in [1.807, 2.05) is 57.3 Å². The van der Waals surface area contributed by atoms with Crippen LogP contribution in [0.4, 0.5) is 8.78 Å². The van der Waals surface area contributed by atoms with E-state index in [-0.39, 0.29) is 6.42 Å². The molecule has 13 heteroatoms. The molecule has 0 bridgehead atoms. The van der Waals surface area contributed by atoms with Gasteiger partial charge in [-0.1, -0.05) is 12.8 Å². The second kappa shape index (κ2) is 10.2. The molecular formula is C16H14F2I3O7S-. The van der Waals surface area contributed by atoms with E-state index in [2.05, 4.69) is 27.3 Å². The molecule has 0 heterocycles. The number of alkyl halides is 2. The van der Waals surface area contributed by atoms with Gasteiger partial charge in [-0.2, -0.15) is 8.78 Å². The zero-order valence-corrected chi connectivity index (χ0v) is 21.8. The maximum absolute atomic E-state index is 13.3. The number of carbonyl (C=O) groups excluding carboxylic acids is 2. The number of esters is 2. The highest BCUT2D eigenvalue weighted by Gasteiger charge is 2.43. The Bertz CT molecular complexity index is 885. The lowest BCUT2D eigenvalue weighted by Gasteiger charge is -2.29. The van der Waals surface area contributed by atoms with Gasteiger partial charge in [0.1, 0.15) is 0 Å². The number of hydrogen-bond donors (Lipinski definition) is 0. The van der Waals surface area contributed by atoms with Crippen molar-refractivity contribution >= 4 is 89.8 Å². The molecule has 0 N–H and O–H groups in total. The monoisotopic (exact) mass is 769 g/mol. The van der Waals surface area contributed by atoms with Gasteiger partial charge in [0.15, 0.2) is 22.5 Å². The summed E-state index contributed by atoms with van der Waals surface area (Å²) in [7, 11) is -5.97. The smallest absolute Gasteiger partial charge is 0.367 e. The third-order valence-electron chi connectivity index (χ3n) is 4.29. The molecule has 0 saturated heterocycles. The Morgan fingerprint density at radius 3 is 2.03 bits per heavy atom. The summed E-state index contributed by atoms with van der Waals surface area (Å²) in [5.74, 6) is -3.47. The lowest BCUT2D eigenvalue weighted by Crippen LogP contribution is -2.40. The maximum atomic E-state index is 13.3. The van der Waals surface area contributed by atoms with Crippen LogP contribution in [0.3, 0.4) is 0 Å². The third kappa shape index (κ3) is 6.55. The molecule has 1 fully saturated rings. The Morgan fingerprint density at radius 1 is 1.07 bits per heavy atom. The normalized spacial score (nSPS) is 20.2. The fourth-order valence-corrected chi connectivity index (χ4v) is 6.84. The predicted octanol–water partition coefficient (Wildman–Crippen LogP) is 3.89. The molecule has 0 radical (unpaired) electrons. The molecule has 0 spiro atoms. The number of benzene rings is 1. The van der Waals surface area contributed by atoms with E-state index in [9.17, 15) is 31.3 Å². The molecule has 162 valence electrons. The first-order chi connectivity index (χ1) is 13.3. The Kier molecular flexibility index (Phi) is 8.89. The first-order valence-corrected chi connectivity index (χ1v) is 12.8. The average Bonchev–Trinajstić information content (AvgIpc) is 2.61. The van der Waals surface area contributed by atoms with Gasteiger partial charge < -0.3 is 14.0 Å². The van der Waals surface area contributed by atoms with Crippen molar-refractivity contribution in [3.8, 4) is 5.75 Å². The standard InChI is InChI=1S/C16H15F2I3O7S/c17-16(18,29(24,25)26)7-27-14(22)9-3-1-2-4-10(9)15(23)28-13-11(20)5-8(19)6-12(13)21/h5-6,9-10H,1-4,7H2,(H,24,25,26)/p-1. The first kappa shape index (κ1) is 25.4. The summed E-state index contributed by atoms with van der Waals surface area (Å²) in [6, 6.07) is 3.62. The van der Waals surface area contributed by atoms with Gasteiger partial charge in [0.2, 0.25) is 0 Å². The molecule has 0 aromatic heterocycles. The number of rotatable bonds is 6. The minimum Gasteiger partial charge on any atom is -0.743 e. The number of carbonyl (C=O) groups is 2. The van der Waals surface area contributed by atoms with Crippen molar-refractivity contribution in [3.05, 3.63) is 22.8 Å². The van der Waals surface area contributed by atoms with Crippen molar-refractivity contribution in [3.63, 3.8) is 0 Å². The van der Waals surface area contributed by atoms with Crippen LogP contribution < -0.4 is 4.74 Å². The highest BCUT2D eigenvalue weighted by Crippen LogP contribution is 2.35. The molecule has 1 aromatic rings. The van der Waals surface area contributed by atoms with E-state index < -0.39 is 45.8 Å². The quantitative estimate of drug-likeness (QED) is 0.187. The summed E-state index contributed by atoms with van der Waals surface area (Å²) in [5.41, 5.74) is 0. The van der Waals surface area contributed by atoms with Crippen LogP contribution in [0.1, 0.15) is 25.7 Å². The van der Waals surface area contributed by atoms with E-state index in [1.54, 1.807) is 0 Å². The van der Waals surface area contributed by atoms with Gasteiger partial charge in [-0.25, -0.2) is 8.42 Å². The molecule has 1 aliphatic rings. The fraction of sp³-hybridized carbons (Fsp3) is 0.500. The second-order valence-corrected chi connectivity index (χ2v) is 11.4. The molecule has 29 heavy (non-hydrogen) atoms. The van der Waals surface area contributed by atoms with Crippen LogP contribution in [0.5, 0.6) is 5.75 Å². The van der Waals surface area contributed by atoms with Crippen LogP contribution in [0, 0.1) is 22.5 Å². The predicted molar refractivity (Wildman–Crippen MR) is 121 cm³/mol. The zero-order valence-electron chi connectivity index (χ0n) is 14.5. The summed E-state index contributed by atoms with van der Waals surface area (Å²) in [6.07, 6.45) is 1.70. The molecule has 1 aromatic carbocycles. The van der Waals surface area contributed by atoms with Gasteiger partial charge >= 0.3 is 17.2 Å². The van der Waals surface area contributed by atoms with Gasteiger partial charge in [0.05, 0.1) is 19.0 Å². The second-order valence-electron chi connectivity index (χ2n) is 6.32. The molecule has 2 rings (SSSR count). The minimum atomic E-state index is -5.97. The number of ether oxygens (including phenoxy) is 2. The highest BCUT2D eigenvalue weighted by atomic mass is 127. The van der Waals surface area contributed by atoms with Crippen molar-refractivity contribution < 1.29 is 40.8 Å². The van der Waals surface area contributed by atoms with E-state index >= 15 is 0 Å². The van der Waals surface area contributed by atoms with Crippen LogP contribution in [-0.4, -0.2) is 36.8 Å². The first-order valence-electron chi connectivity index (χ1n) is 8.19. The van der Waals surface area contributed by atoms with Crippen molar-refractivity contribution in [2.24, 2.45) is 11.8 Å². The molecule has 1 saturated carbocycles. The summed E-state index contributed by atoms with van der Waals surface area (Å²) in [6.45, 7) is -1.89. The third-order valence-corrected chi connectivity index (χ3v) is 7.36. The van der Waals surface area contributed by atoms with Crippen LogP contribution in [0.2, 0.25) is 0 Å². The van der Waals surface area contributed by atoms with Crippen LogP contribution in [-0.2, 0) is 24.4 Å². The number of hydrogen-bond acceptors (Lipinski definition) is 7. The average molecular weight is 769 g/mol. The van der Waals surface area contributed by atoms with Crippen LogP contribution >= 0.6 is 67.8 Å². The molecule has 0 amide bonds. The van der Waals surface area contributed by atoms with Gasteiger partial charge in [-0.3, -0.25) is 9.59 Å². The summed E-state index contributed by atoms with van der Waals surface area (Å²) in [5, 5.41) is -4.74. The highest BCUT2D eigenvalue weighted by molar-refractivity contribution is 14.1. The molecule has 2 unspecified atom stereocenters. The van der Waals surface area contributed by atoms with Gasteiger partial charge in [-0.05, 0) is 92.7 Å². The molecule has 7 nitrogen and oxygen atoms in total. The molecule has 1 aliphatic carbocycles. The Balaban J connectivity index is 2.13. The molecule has 0 aliphatic heterocycles. The van der Waals surface area contributed by atoms with Gasteiger partial charge in [-0.15, -0.1) is 0 Å². The zero-order chi connectivity index (χ0) is 22.0. The van der Waals surface area contributed by atoms with Gasteiger partial charge in [0, 0.05) is 3.57 Å².